The summed E-state index contributed by atoms with van der Waals surface area (Å²) in [5, 5.41) is 0. The maximum atomic E-state index is 5.90. The molecule has 1 unspecified atom stereocenters. The van der Waals surface area contributed by atoms with E-state index in [0.29, 0.717) is 6.10 Å². The second-order valence-corrected chi connectivity index (χ2v) is 5.93. The predicted octanol–water partition coefficient (Wildman–Crippen LogP) is 3.40. The maximum absolute atomic E-state index is 5.90. The SMILES string of the molecule is CC(COCC(C)(C)C)OC1CCCC1. The third-order valence-electron chi connectivity index (χ3n) is 2.61. The highest BCUT2D eigenvalue weighted by molar-refractivity contribution is 4.68. The van der Waals surface area contributed by atoms with Crippen LogP contribution in [0.25, 0.3) is 0 Å². The fourth-order valence-electron chi connectivity index (χ4n) is 1.92. The van der Waals surface area contributed by atoms with Crippen LogP contribution < -0.4 is 0 Å². The van der Waals surface area contributed by atoms with Crippen molar-refractivity contribution < 1.29 is 9.47 Å². The quantitative estimate of drug-likeness (QED) is 0.698. The van der Waals surface area contributed by atoms with E-state index < -0.39 is 0 Å². The molecular formula is C13H26O2. The van der Waals surface area contributed by atoms with E-state index in [-0.39, 0.29) is 11.5 Å². The first-order valence-electron chi connectivity index (χ1n) is 6.20. The molecule has 0 N–H and O–H groups in total. The molecule has 1 saturated carbocycles. The minimum atomic E-state index is 0.246. The van der Waals surface area contributed by atoms with E-state index in [1.54, 1.807) is 0 Å². The summed E-state index contributed by atoms with van der Waals surface area (Å²) in [5.74, 6) is 0. The molecule has 0 aromatic carbocycles. The summed E-state index contributed by atoms with van der Waals surface area (Å²) in [4.78, 5) is 0. The highest BCUT2D eigenvalue weighted by Gasteiger charge is 2.18. The van der Waals surface area contributed by atoms with Crippen molar-refractivity contribution in [1.82, 2.24) is 0 Å². The minimum absolute atomic E-state index is 0.246. The Hall–Kier alpha value is -0.0800. The number of hydrogen-bond acceptors (Lipinski definition) is 2. The predicted molar refractivity (Wildman–Crippen MR) is 63.1 cm³/mol. The molecule has 0 bridgehead atoms. The standard InChI is InChI=1S/C13H26O2/c1-11(9-14-10-13(2,3)4)15-12-7-5-6-8-12/h11-12H,5-10H2,1-4H3. The first-order valence-corrected chi connectivity index (χ1v) is 6.20. The van der Waals surface area contributed by atoms with Crippen molar-refractivity contribution in [3.8, 4) is 0 Å². The molecule has 90 valence electrons. The molecule has 0 spiro atoms. The van der Waals surface area contributed by atoms with E-state index in [1.807, 2.05) is 0 Å². The third kappa shape index (κ3) is 6.16. The van der Waals surface area contributed by atoms with E-state index in [9.17, 15) is 0 Å². The summed E-state index contributed by atoms with van der Waals surface area (Å²) in [6.45, 7) is 10.2. The van der Waals surface area contributed by atoms with Crippen LogP contribution in [0, 0.1) is 5.41 Å². The molecule has 15 heavy (non-hydrogen) atoms. The van der Waals surface area contributed by atoms with Crippen LogP contribution in [0.2, 0.25) is 0 Å². The van der Waals surface area contributed by atoms with Crippen molar-refractivity contribution >= 4 is 0 Å². The van der Waals surface area contributed by atoms with E-state index in [4.69, 9.17) is 9.47 Å². The topological polar surface area (TPSA) is 18.5 Å². The van der Waals surface area contributed by atoms with Gasteiger partial charge in [-0.05, 0) is 25.2 Å². The van der Waals surface area contributed by atoms with Crippen molar-refractivity contribution in [1.29, 1.82) is 0 Å². The number of ether oxygens (including phenoxy) is 2. The molecule has 0 saturated heterocycles. The van der Waals surface area contributed by atoms with E-state index in [2.05, 4.69) is 27.7 Å². The van der Waals surface area contributed by atoms with E-state index in [0.717, 1.165) is 13.2 Å². The van der Waals surface area contributed by atoms with Crippen LogP contribution in [0.15, 0.2) is 0 Å². The second kappa shape index (κ2) is 5.86. The zero-order valence-corrected chi connectivity index (χ0v) is 10.7. The molecule has 1 aliphatic rings. The summed E-state index contributed by atoms with van der Waals surface area (Å²) >= 11 is 0. The van der Waals surface area contributed by atoms with Crippen LogP contribution >= 0.6 is 0 Å². The summed E-state index contributed by atoms with van der Waals surface area (Å²) in [6.07, 6.45) is 5.89. The van der Waals surface area contributed by atoms with Crippen LogP contribution in [0.3, 0.4) is 0 Å². The normalized spacial score (nSPS) is 20.8. The van der Waals surface area contributed by atoms with Gasteiger partial charge < -0.3 is 9.47 Å². The van der Waals surface area contributed by atoms with Crippen LogP contribution in [0.4, 0.5) is 0 Å². The van der Waals surface area contributed by atoms with Crippen molar-refractivity contribution in [2.45, 2.75) is 65.6 Å². The van der Waals surface area contributed by atoms with Gasteiger partial charge in [-0.3, -0.25) is 0 Å². The molecule has 1 atom stereocenters. The van der Waals surface area contributed by atoms with Gasteiger partial charge in [0.1, 0.15) is 0 Å². The van der Waals surface area contributed by atoms with Crippen LogP contribution in [-0.4, -0.2) is 25.4 Å². The van der Waals surface area contributed by atoms with Crippen LogP contribution in [0.5, 0.6) is 0 Å². The van der Waals surface area contributed by atoms with Gasteiger partial charge in [0.05, 0.1) is 25.4 Å². The molecule has 1 rings (SSSR count). The van der Waals surface area contributed by atoms with Crippen molar-refractivity contribution in [3.05, 3.63) is 0 Å². The monoisotopic (exact) mass is 214 g/mol. The van der Waals surface area contributed by atoms with E-state index in [1.165, 1.54) is 25.7 Å². The summed E-state index contributed by atoms with van der Waals surface area (Å²) < 4.78 is 11.5. The fourth-order valence-corrected chi connectivity index (χ4v) is 1.92. The molecule has 1 aliphatic carbocycles. The molecule has 0 aromatic rings. The third-order valence-corrected chi connectivity index (χ3v) is 2.61. The first kappa shape index (κ1) is 13.0. The van der Waals surface area contributed by atoms with Gasteiger partial charge in [-0.15, -0.1) is 0 Å². The molecule has 0 radical (unpaired) electrons. The number of rotatable bonds is 5. The zero-order valence-electron chi connectivity index (χ0n) is 10.7. The lowest BCUT2D eigenvalue weighted by Crippen LogP contribution is -2.24. The second-order valence-electron chi connectivity index (χ2n) is 5.93. The van der Waals surface area contributed by atoms with Crippen molar-refractivity contribution in [2.75, 3.05) is 13.2 Å². The fraction of sp³-hybridized carbons (Fsp3) is 1.00. The van der Waals surface area contributed by atoms with Crippen LogP contribution in [-0.2, 0) is 9.47 Å². The lowest BCUT2D eigenvalue weighted by molar-refractivity contribution is -0.0559. The molecule has 0 heterocycles. The van der Waals surface area contributed by atoms with Crippen LogP contribution in [0.1, 0.15) is 53.4 Å². The van der Waals surface area contributed by atoms with Gasteiger partial charge in [-0.25, -0.2) is 0 Å². The average Bonchev–Trinajstić information content (AvgIpc) is 2.54. The average molecular weight is 214 g/mol. The van der Waals surface area contributed by atoms with Gasteiger partial charge in [0.25, 0.3) is 0 Å². The van der Waals surface area contributed by atoms with Gasteiger partial charge in [0.2, 0.25) is 0 Å². The Morgan fingerprint density at radius 1 is 1.20 bits per heavy atom. The van der Waals surface area contributed by atoms with E-state index >= 15 is 0 Å². The van der Waals surface area contributed by atoms with Gasteiger partial charge in [0, 0.05) is 0 Å². The van der Waals surface area contributed by atoms with Gasteiger partial charge >= 0.3 is 0 Å². The molecular weight excluding hydrogens is 188 g/mol. The molecule has 0 aliphatic heterocycles. The molecule has 2 nitrogen and oxygen atoms in total. The largest absolute Gasteiger partial charge is 0.378 e. The first-order chi connectivity index (χ1) is 6.97. The smallest absolute Gasteiger partial charge is 0.0784 e. The highest BCUT2D eigenvalue weighted by Crippen LogP contribution is 2.22. The zero-order chi connectivity index (χ0) is 11.3. The molecule has 0 aromatic heterocycles. The number of hydrogen-bond donors (Lipinski definition) is 0. The molecule has 2 heteroatoms. The maximum Gasteiger partial charge on any atom is 0.0784 e. The highest BCUT2D eigenvalue weighted by atomic mass is 16.5. The van der Waals surface area contributed by atoms with Gasteiger partial charge in [-0.1, -0.05) is 33.6 Å². The van der Waals surface area contributed by atoms with Gasteiger partial charge in [-0.2, -0.15) is 0 Å². The minimum Gasteiger partial charge on any atom is -0.378 e. The Labute approximate surface area is 94.3 Å². The summed E-state index contributed by atoms with van der Waals surface area (Å²) in [5.41, 5.74) is 0.257. The lowest BCUT2D eigenvalue weighted by Gasteiger charge is -2.22. The Balaban J connectivity index is 2.05. The summed E-state index contributed by atoms with van der Waals surface area (Å²) in [6, 6.07) is 0. The van der Waals surface area contributed by atoms with Crippen molar-refractivity contribution in [2.24, 2.45) is 5.41 Å². The Morgan fingerprint density at radius 2 is 1.80 bits per heavy atom. The Morgan fingerprint density at radius 3 is 2.33 bits per heavy atom. The lowest BCUT2D eigenvalue weighted by atomic mass is 9.99. The Kier molecular flexibility index (Phi) is 5.07. The molecule has 1 fully saturated rings. The van der Waals surface area contributed by atoms with Crippen molar-refractivity contribution in [3.63, 3.8) is 0 Å². The summed E-state index contributed by atoms with van der Waals surface area (Å²) in [7, 11) is 0. The molecule has 0 amide bonds. The van der Waals surface area contributed by atoms with Gasteiger partial charge in [0.15, 0.2) is 0 Å². The Bertz CT molecular complexity index is 166.